The maximum absolute atomic E-state index is 9.87. The number of carbonyl (C=O) groups excluding carboxylic acids is 1. The first-order valence-corrected chi connectivity index (χ1v) is 7.12. The smallest absolute Gasteiger partial charge is 0.293 e. The molecule has 0 unspecified atom stereocenters. The average molecular weight is 240 g/mol. The summed E-state index contributed by atoms with van der Waals surface area (Å²) in [5.41, 5.74) is 0. The first kappa shape index (κ1) is 16.2. The number of unbranched alkanes of at least 4 members (excludes halogenated alkanes) is 8. The molecule has 0 radical (unpaired) electrons. The molecule has 0 aromatic carbocycles. The number of carbonyl (C=O) groups is 1. The molecule has 0 aliphatic rings. The largest absolute Gasteiger partial charge is 0.468 e. The second-order valence-electron chi connectivity index (χ2n) is 4.49. The van der Waals surface area contributed by atoms with Gasteiger partial charge in [-0.3, -0.25) is 4.79 Å². The van der Waals surface area contributed by atoms with E-state index >= 15 is 0 Å². The molecular formula is C15H28O2. The lowest BCUT2D eigenvalue weighted by molar-refractivity contribution is -0.128. The molecule has 0 aromatic heterocycles. The predicted molar refractivity (Wildman–Crippen MR) is 73.0 cm³/mol. The summed E-state index contributed by atoms with van der Waals surface area (Å²) in [4.78, 5) is 9.87. The van der Waals surface area contributed by atoms with E-state index in [9.17, 15) is 4.79 Å². The molecule has 2 heteroatoms. The number of ether oxygens (including phenoxy) is 1. The number of hydrogen-bond acceptors (Lipinski definition) is 2. The fraction of sp³-hybridized carbons (Fsp3) is 0.800. The molecule has 17 heavy (non-hydrogen) atoms. The van der Waals surface area contributed by atoms with Crippen LogP contribution in [0, 0.1) is 0 Å². The van der Waals surface area contributed by atoms with Gasteiger partial charge in [-0.2, -0.15) is 0 Å². The highest BCUT2D eigenvalue weighted by Gasteiger charge is 1.89. The normalized spacial score (nSPS) is 10.9. The van der Waals surface area contributed by atoms with Crippen molar-refractivity contribution in [3.8, 4) is 0 Å². The van der Waals surface area contributed by atoms with Crippen LogP contribution in [0.4, 0.5) is 0 Å². The topological polar surface area (TPSA) is 26.3 Å². The summed E-state index contributed by atoms with van der Waals surface area (Å²) in [6.07, 6.45) is 17.1. The van der Waals surface area contributed by atoms with E-state index in [0.29, 0.717) is 13.1 Å². The SMILES string of the molecule is CCCCCCC=CCCCCCCOC=O. The first-order chi connectivity index (χ1) is 8.41. The van der Waals surface area contributed by atoms with Crippen LogP contribution in [0.15, 0.2) is 12.2 Å². The molecule has 2 nitrogen and oxygen atoms in total. The van der Waals surface area contributed by atoms with Gasteiger partial charge in [-0.15, -0.1) is 0 Å². The summed E-state index contributed by atoms with van der Waals surface area (Å²) >= 11 is 0. The van der Waals surface area contributed by atoms with Gasteiger partial charge in [0.2, 0.25) is 0 Å². The molecule has 0 spiro atoms. The molecule has 100 valence electrons. The maximum Gasteiger partial charge on any atom is 0.293 e. The van der Waals surface area contributed by atoms with Crippen molar-refractivity contribution >= 4 is 6.47 Å². The van der Waals surface area contributed by atoms with E-state index in [4.69, 9.17) is 0 Å². The second kappa shape index (κ2) is 15.2. The van der Waals surface area contributed by atoms with Gasteiger partial charge in [0.05, 0.1) is 6.61 Å². The molecule has 0 aliphatic heterocycles. The van der Waals surface area contributed by atoms with Gasteiger partial charge in [0.25, 0.3) is 6.47 Å². The number of rotatable bonds is 13. The molecule has 0 aliphatic carbocycles. The Hall–Kier alpha value is -0.790. The monoisotopic (exact) mass is 240 g/mol. The van der Waals surface area contributed by atoms with Gasteiger partial charge in [-0.25, -0.2) is 0 Å². The van der Waals surface area contributed by atoms with Gasteiger partial charge < -0.3 is 4.74 Å². The van der Waals surface area contributed by atoms with E-state index in [1.165, 1.54) is 51.4 Å². The van der Waals surface area contributed by atoms with Crippen molar-refractivity contribution in [3.05, 3.63) is 12.2 Å². The Morgan fingerprint density at radius 3 is 2.00 bits per heavy atom. The van der Waals surface area contributed by atoms with Gasteiger partial charge in [-0.1, -0.05) is 51.2 Å². The number of allylic oxidation sites excluding steroid dienone is 2. The van der Waals surface area contributed by atoms with Crippen molar-refractivity contribution in [2.75, 3.05) is 6.61 Å². The van der Waals surface area contributed by atoms with Gasteiger partial charge >= 0.3 is 0 Å². The van der Waals surface area contributed by atoms with E-state index in [1.54, 1.807) is 0 Å². The Morgan fingerprint density at radius 2 is 1.41 bits per heavy atom. The molecule has 0 fully saturated rings. The molecule has 0 saturated heterocycles. The molecule has 0 N–H and O–H groups in total. The van der Waals surface area contributed by atoms with Crippen LogP contribution in [-0.2, 0) is 9.53 Å². The zero-order valence-electron chi connectivity index (χ0n) is 11.3. The van der Waals surface area contributed by atoms with Crippen LogP contribution in [0.1, 0.15) is 71.1 Å². The molecule has 0 aromatic rings. The summed E-state index contributed by atoms with van der Waals surface area (Å²) in [5.74, 6) is 0. The van der Waals surface area contributed by atoms with Crippen molar-refractivity contribution < 1.29 is 9.53 Å². The molecule has 0 heterocycles. The van der Waals surface area contributed by atoms with Gasteiger partial charge in [0.1, 0.15) is 0 Å². The highest BCUT2D eigenvalue weighted by atomic mass is 16.5. The van der Waals surface area contributed by atoms with Crippen LogP contribution in [0.25, 0.3) is 0 Å². The lowest BCUT2D eigenvalue weighted by Crippen LogP contribution is -1.90. The van der Waals surface area contributed by atoms with Crippen molar-refractivity contribution in [2.45, 2.75) is 71.1 Å². The van der Waals surface area contributed by atoms with Crippen molar-refractivity contribution in [3.63, 3.8) is 0 Å². The second-order valence-corrected chi connectivity index (χ2v) is 4.49. The molecule has 0 rings (SSSR count). The Morgan fingerprint density at radius 1 is 0.824 bits per heavy atom. The summed E-state index contributed by atoms with van der Waals surface area (Å²) in [7, 11) is 0. The van der Waals surface area contributed by atoms with Gasteiger partial charge in [0.15, 0.2) is 0 Å². The fourth-order valence-electron chi connectivity index (χ4n) is 1.77. The quantitative estimate of drug-likeness (QED) is 0.266. The van der Waals surface area contributed by atoms with E-state index in [2.05, 4.69) is 23.8 Å². The highest BCUT2D eigenvalue weighted by molar-refractivity contribution is 5.36. The van der Waals surface area contributed by atoms with E-state index in [1.807, 2.05) is 0 Å². The summed E-state index contributed by atoms with van der Waals surface area (Å²) in [5, 5.41) is 0. The van der Waals surface area contributed by atoms with Crippen LogP contribution >= 0.6 is 0 Å². The minimum atomic E-state index is 0.529. The lowest BCUT2D eigenvalue weighted by atomic mass is 10.1. The molecule has 0 bridgehead atoms. The molecule has 0 atom stereocenters. The van der Waals surface area contributed by atoms with Crippen molar-refractivity contribution in [2.24, 2.45) is 0 Å². The maximum atomic E-state index is 9.87. The first-order valence-electron chi connectivity index (χ1n) is 7.12. The minimum absolute atomic E-state index is 0.529. The zero-order valence-corrected chi connectivity index (χ0v) is 11.3. The molecular weight excluding hydrogens is 212 g/mol. The Labute approximate surface area is 106 Å². The average Bonchev–Trinajstić information content (AvgIpc) is 2.35. The van der Waals surface area contributed by atoms with Crippen LogP contribution in [0.3, 0.4) is 0 Å². The van der Waals surface area contributed by atoms with E-state index < -0.39 is 0 Å². The molecule has 0 amide bonds. The van der Waals surface area contributed by atoms with Crippen molar-refractivity contribution in [1.82, 2.24) is 0 Å². The van der Waals surface area contributed by atoms with Crippen LogP contribution < -0.4 is 0 Å². The van der Waals surface area contributed by atoms with Crippen molar-refractivity contribution in [1.29, 1.82) is 0 Å². The number of hydrogen-bond donors (Lipinski definition) is 0. The van der Waals surface area contributed by atoms with Crippen LogP contribution in [0.2, 0.25) is 0 Å². The Bertz CT molecular complexity index is 176. The Balaban J connectivity index is 3.01. The third kappa shape index (κ3) is 15.2. The third-order valence-corrected chi connectivity index (χ3v) is 2.84. The van der Waals surface area contributed by atoms with E-state index in [-0.39, 0.29) is 0 Å². The fourth-order valence-corrected chi connectivity index (χ4v) is 1.77. The zero-order chi connectivity index (χ0) is 12.6. The van der Waals surface area contributed by atoms with Gasteiger partial charge in [0, 0.05) is 0 Å². The van der Waals surface area contributed by atoms with Gasteiger partial charge in [-0.05, 0) is 32.1 Å². The molecule has 0 saturated carbocycles. The lowest BCUT2D eigenvalue weighted by Gasteiger charge is -1.98. The van der Waals surface area contributed by atoms with Crippen LogP contribution in [0.5, 0.6) is 0 Å². The van der Waals surface area contributed by atoms with E-state index in [0.717, 1.165) is 12.8 Å². The standard InChI is InChI=1S/C15H28O2/c1-2-3-4-5-6-7-8-9-10-11-12-13-14-17-15-16/h7-8,15H,2-6,9-14H2,1H3. The summed E-state index contributed by atoms with van der Waals surface area (Å²) in [6.45, 7) is 3.36. The summed E-state index contributed by atoms with van der Waals surface area (Å²) < 4.78 is 4.63. The predicted octanol–water partition coefficient (Wildman–Crippen LogP) is 4.64. The summed E-state index contributed by atoms with van der Waals surface area (Å²) in [6, 6.07) is 0. The highest BCUT2D eigenvalue weighted by Crippen LogP contribution is 2.06. The van der Waals surface area contributed by atoms with Crippen LogP contribution in [-0.4, -0.2) is 13.1 Å². The minimum Gasteiger partial charge on any atom is -0.468 e. The Kier molecular flexibility index (Phi) is 14.5. The third-order valence-electron chi connectivity index (χ3n) is 2.84.